The highest BCUT2D eigenvalue weighted by Crippen LogP contribution is 2.36. The second kappa shape index (κ2) is 8.20. The molecule has 2 nitrogen and oxygen atoms in total. The number of H-pyrrole nitrogens is 1. The van der Waals surface area contributed by atoms with Crippen molar-refractivity contribution in [3.63, 3.8) is 0 Å². The molecule has 0 aliphatic carbocycles. The summed E-state index contributed by atoms with van der Waals surface area (Å²) in [6.07, 6.45) is 4.40. The highest BCUT2D eigenvalue weighted by Gasteiger charge is 2.16. The first-order valence-electron chi connectivity index (χ1n) is 9.25. The van der Waals surface area contributed by atoms with Crippen LogP contribution in [0.3, 0.4) is 0 Å². The van der Waals surface area contributed by atoms with Gasteiger partial charge in [-0.25, -0.2) is 0 Å². The summed E-state index contributed by atoms with van der Waals surface area (Å²) < 4.78 is 1.13. The van der Waals surface area contributed by atoms with Gasteiger partial charge in [0.15, 0.2) is 0 Å². The molecule has 1 heterocycles. The lowest BCUT2D eigenvalue weighted by Gasteiger charge is -2.10. The van der Waals surface area contributed by atoms with E-state index < -0.39 is 0 Å². The van der Waals surface area contributed by atoms with E-state index in [9.17, 15) is 0 Å². The molecule has 0 amide bonds. The number of halogens is 1. The predicted molar refractivity (Wildman–Crippen MR) is 112 cm³/mol. The summed E-state index contributed by atoms with van der Waals surface area (Å²) in [6, 6.07) is 15.3. The Morgan fingerprint density at radius 2 is 1.92 bits per heavy atom. The quantitative estimate of drug-likeness (QED) is 0.444. The predicted octanol–water partition coefficient (Wildman–Crippen LogP) is 6.39. The maximum absolute atomic E-state index is 5.72. The zero-order valence-corrected chi connectivity index (χ0v) is 16.7. The summed E-state index contributed by atoms with van der Waals surface area (Å²) in [5, 5.41) is 1.36. The number of hydrogen-bond donors (Lipinski definition) is 2. The lowest BCUT2D eigenvalue weighted by atomic mass is 9.94. The van der Waals surface area contributed by atoms with Gasteiger partial charge in [0.05, 0.1) is 5.69 Å². The second-order valence-electron chi connectivity index (χ2n) is 6.82. The Hall–Kier alpha value is -1.58. The van der Waals surface area contributed by atoms with E-state index in [2.05, 4.69) is 77.2 Å². The molecule has 0 bridgehead atoms. The van der Waals surface area contributed by atoms with Crippen LogP contribution in [0.25, 0.3) is 22.2 Å². The molecular formula is C22H27BrN2. The van der Waals surface area contributed by atoms with E-state index in [4.69, 9.17) is 5.73 Å². The van der Waals surface area contributed by atoms with Crippen molar-refractivity contribution in [3.8, 4) is 11.3 Å². The summed E-state index contributed by atoms with van der Waals surface area (Å²) in [7, 11) is 0. The van der Waals surface area contributed by atoms with E-state index in [0.29, 0.717) is 5.92 Å². The third-order valence-electron chi connectivity index (χ3n) is 5.14. The normalized spacial score (nSPS) is 12.6. The van der Waals surface area contributed by atoms with Gasteiger partial charge in [-0.15, -0.1) is 0 Å². The number of fused-ring (bicyclic) bond motifs is 1. The van der Waals surface area contributed by atoms with Gasteiger partial charge in [-0.05, 0) is 67.5 Å². The van der Waals surface area contributed by atoms with Crippen LogP contribution in [0.2, 0.25) is 0 Å². The average Bonchev–Trinajstić information content (AvgIpc) is 2.99. The largest absolute Gasteiger partial charge is 0.354 e. The summed E-state index contributed by atoms with van der Waals surface area (Å²) in [5.41, 5.74) is 12.2. The molecule has 3 rings (SSSR count). The van der Waals surface area contributed by atoms with Gasteiger partial charge in [-0.1, -0.05) is 54.0 Å². The Bertz CT molecular complexity index is 850. The Balaban J connectivity index is 2.15. The van der Waals surface area contributed by atoms with Crippen molar-refractivity contribution in [1.82, 2.24) is 4.98 Å². The number of aromatic amines is 1. The number of benzene rings is 2. The minimum Gasteiger partial charge on any atom is -0.354 e. The van der Waals surface area contributed by atoms with Gasteiger partial charge >= 0.3 is 0 Å². The highest BCUT2D eigenvalue weighted by molar-refractivity contribution is 9.10. The lowest BCUT2D eigenvalue weighted by molar-refractivity contribution is 0.734. The van der Waals surface area contributed by atoms with Gasteiger partial charge < -0.3 is 10.7 Å². The fourth-order valence-electron chi connectivity index (χ4n) is 3.41. The highest BCUT2D eigenvalue weighted by atomic mass is 79.9. The van der Waals surface area contributed by atoms with Crippen molar-refractivity contribution in [2.75, 3.05) is 6.54 Å². The summed E-state index contributed by atoms with van der Waals surface area (Å²) >= 11 is 3.72. The minimum atomic E-state index is 0.586. The zero-order valence-electron chi connectivity index (χ0n) is 15.1. The number of unbranched alkanes of at least 4 members (excludes halogenated alkanes) is 1. The van der Waals surface area contributed by atoms with E-state index in [0.717, 1.165) is 36.7 Å². The molecule has 0 aliphatic rings. The van der Waals surface area contributed by atoms with Crippen molar-refractivity contribution < 1.29 is 0 Å². The fourth-order valence-corrected chi connectivity index (χ4v) is 3.89. The molecule has 3 heteroatoms. The number of nitrogens with one attached hydrogen (secondary N) is 1. The Labute approximate surface area is 159 Å². The Morgan fingerprint density at radius 3 is 2.64 bits per heavy atom. The van der Waals surface area contributed by atoms with Crippen LogP contribution in [0.4, 0.5) is 0 Å². The van der Waals surface area contributed by atoms with Crippen molar-refractivity contribution in [2.45, 2.75) is 45.4 Å². The number of aryl methyl sites for hydroxylation is 1. The van der Waals surface area contributed by atoms with Crippen LogP contribution in [-0.4, -0.2) is 11.5 Å². The lowest BCUT2D eigenvalue weighted by Crippen LogP contribution is -1.99. The van der Waals surface area contributed by atoms with Crippen molar-refractivity contribution in [2.24, 2.45) is 5.73 Å². The van der Waals surface area contributed by atoms with E-state index in [1.165, 1.54) is 33.3 Å². The van der Waals surface area contributed by atoms with Crippen molar-refractivity contribution in [3.05, 3.63) is 58.1 Å². The number of rotatable bonds is 7. The maximum Gasteiger partial charge on any atom is 0.0508 e. The average molecular weight is 399 g/mol. The van der Waals surface area contributed by atoms with Crippen LogP contribution in [-0.2, 0) is 6.42 Å². The van der Waals surface area contributed by atoms with Crippen LogP contribution in [0, 0.1) is 0 Å². The summed E-state index contributed by atoms with van der Waals surface area (Å²) in [5.74, 6) is 0.586. The zero-order chi connectivity index (χ0) is 17.8. The SMILES string of the molecule is CCC(C)c1ccc2[nH]c(-c3ccccc3Br)c(CCCCN)c2c1. The third kappa shape index (κ3) is 3.83. The molecule has 0 fully saturated rings. The topological polar surface area (TPSA) is 41.8 Å². The Kier molecular flexibility index (Phi) is 5.98. The summed E-state index contributed by atoms with van der Waals surface area (Å²) in [6.45, 7) is 5.31. The molecule has 1 aromatic heterocycles. The molecule has 132 valence electrons. The van der Waals surface area contributed by atoms with Crippen LogP contribution in [0.1, 0.15) is 50.2 Å². The maximum atomic E-state index is 5.72. The van der Waals surface area contributed by atoms with Crippen LogP contribution in [0.15, 0.2) is 46.9 Å². The van der Waals surface area contributed by atoms with Crippen LogP contribution >= 0.6 is 15.9 Å². The van der Waals surface area contributed by atoms with Crippen molar-refractivity contribution in [1.29, 1.82) is 0 Å². The number of hydrogen-bond acceptors (Lipinski definition) is 1. The summed E-state index contributed by atoms with van der Waals surface area (Å²) in [4.78, 5) is 3.67. The molecule has 0 spiro atoms. The molecule has 3 aromatic rings. The molecule has 0 saturated carbocycles. The van der Waals surface area contributed by atoms with Crippen LogP contribution in [0.5, 0.6) is 0 Å². The van der Waals surface area contributed by atoms with E-state index in [-0.39, 0.29) is 0 Å². The van der Waals surface area contributed by atoms with Gasteiger partial charge in [0, 0.05) is 20.9 Å². The van der Waals surface area contributed by atoms with Gasteiger partial charge in [0.25, 0.3) is 0 Å². The molecule has 2 aromatic carbocycles. The van der Waals surface area contributed by atoms with Gasteiger partial charge in [0.2, 0.25) is 0 Å². The fraction of sp³-hybridized carbons (Fsp3) is 0.364. The molecule has 0 aliphatic heterocycles. The smallest absolute Gasteiger partial charge is 0.0508 e. The number of aromatic nitrogens is 1. The monoisotopic (exact) mass is 398 g/mol. The Morgan fingerprint density at radius 1 is 1.12 bits per heavy atom. The molecular weight excluding hydrogens is 372 g/mol. The first-order chi connectivity index (χ1) is 12.2. The van der Waals surface area contributed by atoms with Gasteiger partial charge in [-0.2, -0.15) is 0 Å². The molecule has 3 N–H and O–H groups in total. The second-order valence-corrected chi connectivity index (χ2v) is 7.67. The van der Waals surface area contributed by atoms with Gasteiger partial charge in [-0.3, -0.25) is 0 Å². The molecule has 1 atom stereocenters. The molecule has 1 unspecified atom stereocenters. The first kappa shape index (κ1) is 18.2. The van der Waals surface area contributed by atoms with E-state index in [1.54, 1.807) is 0 Å². The number of nitrogens with two attached hydrogens (primary N) is 1. The van der Waals surface area contributed by atoms with Crippen LogP contribution < -0.4 is 5.73 Å². The standard InChI is InChI=1S/C22H27BrN2/c1-3-15(2)16-11-12-21-19(14-16)17(8-6-7-13-24)22(25-21)18-9-4-5-10-20(18)23/h4-5,9-12,14-15,25H,3,6-8,13,24H2,1-2H3. The molecule has 25 heavy (non-hydrogen) atoms. The van der Waals surface area contributed by atoms with E-state index >= 15 is 0 Å². The minimum absolute atomic E-state index is 0.586. The van der Waals surface area contributed by atoms with E-state index in [1.807, 2.05) is 0 Å². The van der Waals surface area contributed by atoms with Gasteiger partial charge in [0.1, 0.15) is 0 Å². The van der Waals surface area contributed by atoms with Crippen molar-refractivity contribution >= 4 is 26.8 Å². The molecule has 0 radical (unpaired) electrons. The molecule has 0 saturated heterocycles. The third-order valence-corrected chi connectivity index (χ3v) is 5.83. The first-order valence-corrected chi connectivity index (χ1v) is 10.0.